The van der Waals surface area contributed by atoms with Crippen LogP contribution in [0.15, 0.2) is 71.3 Å². The number of nitrogens with zero attached hydrogens (tertiary/aromatic N) is 2. The first kappa shape index (κ1) is 15.2. The number of hydrogen-bond acceptors (Lipinski definition) is 4. The number of aromatic nitrogens is 2. The van der Waals surface area contributed by atoms with E-state index in [1.807, 2.05) is 47.1 Å². The molecule has 0 saturated carbocycles. The summed E-state index contributed by atoms with van der Waals surface area (Å²) >= 11 is 0. The molecule has 0 aliphatic heterocycles. The minimum absolute atomic E-state index is 0.373. The third-order valence-corrected chi connectivity index (χ3v) is 4.12. The quantitative estimate of drug-likeness (QED) is 0.527. The van der Waals surface area contributed by atoms with E-state index in [0.717, 1.165) is 16.5 Å². The molecule has 0 fully saturated rings. The van der Waals surface area contributed by atoms with Crippen molar-refractivity contribution in [1.82, 2.24) is 9.78 Å². The first-order valence-corrected chi connectivity index (χ1v) is 7.93. The van der Waals surface area contributed by atoms with Crippen LogP contribution in [-0.2, 0) is 11.3 Å². The Morgan fingerprint density at radius 1 is 1.08 bits per heavy atom. The molecular weight excluding hydrogens is 316 g/mol. The Morgan fingerprint density at radius 3 is 2.64 bits per heavy atom. The van der Waals surface area contributed by atoms with Crippen molar-refractivity contribution < 1.29 is 13.9 Å². The van der Waals surface area contributed by atoms with Gasteiger partial charge < -0.3 is 9.15 Å². The average Bonchev–Trinajstić information content (AvgIpc) is 3.27. The van der Waals surface area contributed by atoms with E-state index in [0.29, 0.717) is 23.6 Å². The Balaban J connectivity index is 1.86. The number of carbonyl (C=O) groups excluding carboxylic acids is 1. The molecule has 2 aromatic heterocycles. The third kappa shape index (κ3) is 2.70. The molecule has 0 aliphatic carbocycles. The van der Waals surface area contributed by atoms with Crippen molar-refractivity contribution in [3.8, 4) is 11.5 Å². The number of para-hydroxylation sites is 1. The Bertz CT molecular complexity index is 1030. The summed E-state index contributed by atoms with van der Waals surface area (Å²) in [4.78, 5) is 12.0. The van der Waals surface area contributed by atoms with Gasteiger partial charge in [-0.3, -0.25) is 4.68 Å². The van der Waals surface area contributed by atoms with E-state index in [1.165, 1.54) is 13.4 Å². The van der Waals surface area contributed by atoms with Gasteiger partial charge in [-0.15, -0.1) is 0 Å². The summed E-state index contributed by atoms with van der Waals surface area (Å²) in [6.07, 6.45) is 1.48. The maximum Gasteiger partial charge on any atom is 0.341 e. The lowest BCUT2D eigenvalue weighted by molar-refractivity contribution is 0.0601. The van der Waals surface area contributed by atoms with Crippen LogP contribution in [0.25, 0.3) is 22.4 Å². The summed E-state index contributed by atoms with van der Waals surface area (Å²) in [6, 6.07) is 19.6. The van der Waals surface area contributed by atoms with Gasteiger partial charge in [0.05, 0.1) is 25.4 Å². The Labute approximate surface area is 144 Å². The Hall–Kier alpha value is -3.34. The largest absolute Gasteiger partial charge is 0.465 e. The number of furan rings is 1. The van der Waals surface area contributed by atoms with Crippen LogP contribution in [0.4, 0.5) is 0 Å². The molecule has 2 heterocycles. The number of ether oxygens (including phenoxy) is 1. The molecule has 4 aromatic rings. The van der Waals surface area contributed by atoms with Crippen LogP contribution in [-0.4, -0.2) is 22.9 Å². The van der Waals surface area contributed by atoms with Crippen LogP contribution >= 0.6 is 0 Å². The highest BCUT2D eigenvalue weighted by atomic mass is 16.5. The fourth-order valence-electron chi connectivity index (χ4n) is 2.94. The third-order valence-electron chi connectivity index (χ3n) is 4.12. The zero-order valence-electron chi connectivity index (χ0n) is 13.7. The molecule has 0 aliphatic rings. The van der Waals surface area contributed by atoms with Crippen molar-refractivity contribution in [2.24, 2.45) is 0 Å². The highest BCUT2D eigenvalue weighted by Crippen LogP contribution is 2.31. The maximum absolute atomic E-state index is 12.0. The van der Waals surface area contributed by atoms with Crippen LogP contribution in [0.2, 0.25) is 0 Å². The first-order valence-electron chi connectivity index (χ1n) is 7.93. The lowest BCUT2D eigenvalue weighted by Crippen LogP contribution is -2.03. The summed E-state index contributed by atoms with van der Waals surface area (Å²) in [6.45, 7) is 0.635. The zero-order valence-corrected chi connectivity index (χ0v) is 13.7. The molecule has 0 atom stereocenters. The topological polar surface area (TPSA) is 57.3 Å². The van der Waals surface area contributed by atoms with Crippen LogP contribution < -0.4 is 0 Å². The summed E-state index contributed by atoms with van der Waals surface area (Å²) < 4.78 is 12.3. The van der Waals surface area contributed by atoms with E-state index in [9.17, 15) is 4.79 Å². The number of hydrogen-bond donors (Lipinski definition) is 0. The van der Waals surface area contributed by atoms with Gasteiger partial charge in [0.15, 0.2) is 5.76 Å². The van der Waals surface area contributed by atoms with Gasteiger partial charge in [-0.2, -0.15) is 5.10 Å². The predicted octanol–water partition coefficient (Wildman–Crippen LogP) is 4.13. The molecule has 124 valence electrons. The lowest BCUT2D eigenvalue weighted by Gasteiger charge is -2.03. The molecule has 25 heavy (non-hydrogen) atoms. The van der Waals surface area contributed by atoms with Gasteiger partial charge in [0.1, 0.15) is 11.3 Å². The SMILES string of the molecule is COC(=O)c1ccoc1-c1nn(Cc2ccccc2)c2ccccc12. The number of esters is 1. The van der Waals surface area contributed by atoms with Crippen molar-refractivity contribution in [3.63, 3.8) is 0 Å². The smallest absolute Gasteiger partial charge is 0.341 e. The van der Waals surface area contributed by atoms with Crippen LogP contribution in [0.5, 0.6) is 0 Å². The number of rotatable bonds is 4. The van der Waals surface area contributed by atoms with Gasteiger partial charge in [-0.1, -0.05) is 48.5 Å². The number of benzene rings is 2. The minimum Gasteiger partial charge on any atom is -0.465 e. The molecule has 0 N–H and O–H groups in total. The highest BCUT2D eigenvalue weighted by molar-refractivity contribution is 6.00. The van der Waals surface area contributed by atoms with E-state index in [2.05, 4.69) is 12.1 Å². The maximum atomic E-state index is 12.0. The first-order chi connectivity index (χ1) is 12.3. The zero-order chi connectivity index (χ0) is 17.2. The predicted molar refractivity (Wildman–Crippen MR) is 94.3 cm³/mol. The molecule has 0 amide bonds. The van der Waals surface area contributed by atoms with Gasteiger partial charge in [0.2, 0.25) is 0 Å². The van der Waals surface area contributed by atoms with E-state index < -0.39 is 5.97 Å². The minimum atomic E-state index is -0.439. The van der Waals surface area contributed by atoms with E-state index in [-0.39, 0.29) is 0 Å². The normalized spacial score (nSPS) is 10.9. The molecule has 2 aromatic carbocycles. The molecular formula is C20H16N2O3. The van der Waals surface area contributed by atoms with Crippen molar-refractivity contribution in [1.29, 1.82) is 0 Å². The molecule has 0 spiro atoms. The molecule has 0 radical (unpaired) electrons. The monoisotopic (exact) mass is 332 g/mol. The van der Waals surface area contributed by atoms with Crippen LogP contribution in [0, 0.1) is 0 Å². The highest BCUT2D eigenvalue weighted by Gasteiger charge is 2.22. The molecule has 5 heteroatoms. The molecule has 0 saturated heterocycles. The van der Waals surface area contributed by atoms with Gasteiger partial charge >= 0.3 is 5.97 Å². The average molecular weight is 332 g/mol. The fourth-order valence-corrected chi connectivity index (χ4v) is 2.94. The van der Waals surface area contributed by atoms with Crippen molar-refractivity contribution in [2.75, 3.05) is 7.11 Å². The van der Waals surface area contributed by atoms with E-state index in [1.54, 1.807) is 6.07 Å². The number of methoxy groups -OCH3 is 1. The second-order valence-corrected chi connectivity index (χ2v) is 5.66. The fraction of sp³-hybridized carbons (Fsp3) is 0.100. The van der Waals surface area contributed by atoms with E-state index in [4.69, 9.17) is 14.3 Å². The van der Waals surface area contributed by atoms with Crippen molar-refractivity contribution in [2.45, 2.75) is 6.54 Å². The molecule has 5 nitrogen and oxygen atoms in total. The second kappa shape index (κ2) is 6.28. The van der Waals surface area contributed by atoms with Gasteiger partial charge in [-0.05, 0) is 17.7 Å². The van der Waals surface area contributed by atoms with Crippen LogP contribution in [0.1, 0.15) is 15.9 Å². The summed E-state index contributed by atoms with van der Waals surface area (Å²) in [5, 5.41) is 5.65. The summed E-state index contributed by atoms with van der Waals surface area (Å²) in [7, 11) is 1.35. The summed E-state index contributed by atoms with van der Waals surface area (Å²) in [5.74, 6) is -0.0136. The van der Waals surface area contributed by atoms with Gasteiger partial charge in [-0.25, -0.2) is 4.79 Å². The molecule has 0 unspecified atom stereocenters. The standard InChI is InChI=1S/C20H16N2O3/c1-24-20(23)16-11-12-25-19(16)18-15-9-5-6-10-17(15)22(21-18)13-14-7-3-2-4-8-14/h2-12H,13H2,1H3. The summed E-state index contributed by atoms with van der Waals surface area (Å²) in [5.41, 5.74) is 3.14. The van der Waals surface area contributed by atoms with Crippen LogP contribution in [0.3, 0.4) is 0 Å². The van der Waals surface area contributed by atoms with Gasteiger partial charge in [0, 0.05) is 5.39 Å². The van der Waals surface area contributed by atoms with Gasteiger partial charge in [0.25, 0.3) is 0 Å². The Kier molecular flexibility index (Phi) is 3.82. The molecule has 4 rings (SSSR count). The van der Waals surface area contributed by atoms with E-state index >= 15 is 0 Å². The number of fused-ring (bicyclic) bond motifs is 1. The number of carbonyl (C=O) groups is 1. The van der Waals surface area contributed by atoms with Crippen molar-refractivity contribution >= 4 is 16.9 Å². The van der Waals surface area contributed by atoms with Crippen molar-refractivity contribution in [3.05, 3.63) is 78.1 Å². The lowest BCUT2D eigenvalue weighted by atomic mass is 10.1. The second-order valence-electron chi connectivity index (χ2n) is 5.66. The molecule has 0 bridgehead atoms. The Morgan fingerprint density at radius 2 is 1.84 bits per heavy atom.